The highest BCUT2D eigenvalue weighted by atomic mass is 32.2. The van der Waals surface area contributed by atoms with E-state index < -0.39 is 16.8 Å². The Kier molecular flexibility index (Phi) is 9.61. The zero-order valence-corrected chi connectivity index (χ0v) is 33.5. The van der Waals surface area contributed by atoms with Gasteiger partial charge in [-0.1, -0.05) is 30.3 Å². The maximum absolute atomic E-state index is 16.4. The van der Waals surface area contributed by atoms with E-state index in [0.717, 1.165) is 71.6 Å². The van der Waals surface area contributed by atoms with Crippen LogP contribution in [0.1, 0.15) is 95.1 Å². The molecule has 11 nitrogen and oxygen atoms in total. The van der Waals surface area contributed by atoms with Crippen molar-refractivity contribution >= 4 is 44.9 Å². The number of aromatic nitrogens is 4. The third-order valence-corrected chi connectivity index (χ3v) is 12.7. The van der Waals surface area contributed by atoms with Gasteiger partial charge < -0.3 is 28.6 Å². The van der Waals surface area contributed by atoms with Gasteiger partial charge in [0.1, 0.15) is 35.1 Å². The molecule has 0 radical (unpaired) electrons. The molecule has 2 unspecified atom stereocenters. The van der Waals surface area contributed by atoms with Gasteiger partial charge in [0.15, 0.2) is 12.0 Å². The zero-order valence-electron chi connectivity index (χ0n) is 32.7. The van der Waals surface area contributed by atoms with E-state index in [1.165, 1.54) is 0 Å². The minimum Gasteiger partial charge on any atom is -0.609 e. The lowest BCUT2D eigenvalue weighted by Gasteiger charge is -2.36. The van der Waals surface area contributed by atoms with Gasteiger partial charge >= 0.3 is 11.2 Å². The van der Waals surface area contributed by atoms with E-state index in [1.807, 2.05) is 80.7 Å². The van der Waals surface area contributed by atoms with Crippen molar-refractivity contribution in [2.24, 2.45) is 0 Å². The van der Waals surface area contributed by atoms with Crippen LogP contribution in [0.3, 0.4) is 0 Å². The van der Waals surface area contributed by atoms with Crippen LogP contribution in [0.25, 0.3) is 32.9 Å². The summed E-state index contributed by atoms with van der Waals surface area (Å²) in [6.07, 6.45) is 6.81. The van der Waals surface area contributed by atoms with Crippen LogP contribution < -0.4 is 9.64 Å². The molecule has 1 amide bonds. The van der Waals surface area contributed by atoms with Crippen molar-refractivity contribution in [3.63, 3.8) is 0 Å². The third-order valence-electron chi connectivity index (χ3n) is 11.6. The number of benzene rings is 3. The topological polar surface area (TPSA) is 118 Å². The molecule has 4 atom stereocenters. The van der Waals surface area contributed by atoms with Gasteiger partial charge in [0.2, 0.25) is 0 Å². The number of fused-ring (bicyclic) bond motifs is 4. The fourth-order valence-electron chi connectivity index (χ4n) is 8.71. The second kappa shape index (κ2) is 14.5. The number of hydrogen-bond acceptors (Lipinski definition) is 9. The summed E-state index contributed by atoms with van der Waals surface area (Å²) >= 11 is -1.49. The highest BCUT2D eigenvalue weighted by Crippen LogP contribution is 2.54. The first-order valence-electron chi connectivity index (χ1n) is 20.0. The molecule has 5 aromatic rings. The van der Waals surface area contributed by atoms with E-state index in [4.69, 9.17) is 29.3 Å². The summed E-state index contributed by atoms with van der Waals surface area (Å²) in [7, 11) is 0. The van der Waals surface area contributed by atoms with Crippen LogP contribution in [-0.4, -0.2) is 78.4 Å². The van der Waals surface area contributed by atoms with Gasteiger partial charge in [-0.25, -0.2) is 13.9 Å². The van der Waals surface area contributed by atoms with Crippen LogP contribution in [0.4, 0.5) is 15.0 Å². The summed E-state index contributed by atoms with van der Waals surface area (Å²) in [5.74, 6) is 1.42. The second-order valence-corrected chi connectivity index (χ2v) is 18.2. The summed E-state index contributed by atoms with van der Waals surface area (Å²) in [5, 5.41) is 6.64. The zero-order chi connectivity index (χ0) is 38.9. The number of likely N-dealkylation sites (tertiary alicyclic amines) is 1. The van der Waals surface area contributed by atoms with Crippen LogP contribution in [0, 0.1) is 12.7 Å². The van der Waals surface area contributed by atoms with Gasteiger partial charge in [-0.05, 0) is 102 Å². The monoisotopic (exact) mass is 780 g/mol. The minimum atomic E-state index is -1.49. The molecule has 13 heteroatoms. The quantitative estimate of drug-likeness (QED) is 0.107. The molecule has 2 aromatic heterocycles. The summed E-state index contributed by atoms with van der Waals surface area (Å²) < 4.78 is 50.8. The molecular formula is C43H49FN6O5S. The highest BCUT2D eigenvalue weighted by molar-refractivity contribution is 7.91. The summed E-state index contributed by atoms with van der Waals surface area (Å²) in [5.41, 5.74) is 4.64. The Bertz CT molecular complexity index is 2300. The van der Waals surface area contributed by atoms with E-state index in [1.54, 1.807) is 6.07 Å². The van der Waals surface area contributed by atoms with Crippen molar-refractivity contribution in [2.45, 2.75) is 115 Å². The maximum Gasteiger partial charge on any atom is 0.410 e. The fourth-order valence-corrected chi connectivity index (χ4v) is 9.35. The van der Waals surface area contributed by atoms with Crippen LogP contribution in [0.5, 0.6) is 5.75 Å². The van der Waals surface area contributed by atoms with Crippen LogP contribution in [-0.2, 0) is 27.3 Å². The number of hydrogen-bond donors (Lipinski definition) is 0. The van der Waals surface area contributed by atoms with E-state index in [2.05, 4.69) is 11.0 Å². The summed E-state index contributed by atoms with van der Waals surface area (Å²) in [6.45, 7) is 11.3. The third kappa shape index (κ3) is 6.75. The first kappa shape index (κ1) is 37.1. The Balaban J connectivity index is 1.26. The molecule has 3 aliphatic heterocycles. The number of nitrogens with zero attached hydrogens (tertiary/aromatic N) is 6. The molecule has 4 aliphatic rings. The molecular weight excluding hydrogens is 732 g/mol. The molecule has 2 bridgehead atoms. The largest absolute Gasteiger partial charge is 0.609 e. The lowest BCUT2D eigenvalue weighted by Crippen LogP contribution is -2.50. The Morgan fingerprint density at radius 2 is 1.84 bits per heavy atom. The number of piperazine rings is 1. The lowest BCUT2D eigenvalue weighted by molar-refractivity contribution is -0.0366. The first-order chi connectivity index (χ1) is 27.0. The molecule has 1 saturated carbocycles. The molecule has 9 rings (SSSR count). The predicted octanol–water partition coefficient (Wildman–Crippen LogP) is 8.58. The number of carbonyl (C=O) groups excluding carboxylic acids is 1. The van der Waals surface area contributed by atoms with Crippen molar-refractivity contribution in [2.75, 3.05) is 30.3 Å². The van der Waals surface area contributed by atoms with Crippen molar-refractivity contribution < 1.29 is 27.9 Å². The van der Waals surface area contributed by atoms with Crippen molar-refractivity contribution in [3.05, 3.63) is 71.2 Å². The van der Waals surface area contributed by atoms with Gasteiger partial charge in [0, 0.05) is 58.8 Å². The average Bonchev–Trinajstić information content (AvgIpc) is 3.63. The Morgan fingerprint density at radius 1 is 1.04 bits per heavy atom. The number of carbonyl (C=O) groups is 1. The SMILES string of the molecule is CC[S+]([O-])c1nc(N2C[C@@H]3C[C@H]2CN3C(=O)OC(C)(C)C)c2cc(C3CC3)c(-c3c(C)c(F)cc4c3cnn4C3CCCCO3)c(OCc3ccccc3)c2n1. The van der Waals surface area contributed by atoms with Crippen molar-refractivity contribution in [1.29, 1.82) is 0 Å². The molecule has 1 aliphatic carbocycles. The molecule has 56 heavy (non-hydrogen) atoms. The summed E-state index contributed by atoms with van der Waals surface area (Å²) in [6, 6.07) is 13.6. The van der Waals surface area contributed by atoms with E-state index in [9.17, 15) is 9.35 Å². The normalized spacial score (nSPS) is 21.7. The maximum atomic E-state index is 16.4. The summed E-state index contributed by atoms with van der Waals surface area (Å²) in [4.78, 5) is 27.4. The van der Waals surface area contributed by atoms with Gasteiger partial charge in [-0.3, -0.25) is 0 Å². The molecule has 294 valence electrons. The molecule has 5 heterocycles. The predicted molar refractivity (Wildman–Crippen MR) is 214 cm³/mol. The smallest absolute Gasteiger partial charge is 0.410 e. The Labute approximate surface area is 329 Å². The number of anilines is 1. The number of halogens is 1. The Hall–Kier alpha value is -4.46. The standard InChI is InChI=1S/C43H49FN6O5S/c1-6-56(52)41-46-38-31(40(47-41)48-22-29-18-28(48)23-49(29)42(51)55-43(3,4)5)19-30(27-15-16-27)37(39(38)54-24-26-12-8-7-9-13-26)36-25(2)33(44)20-34-32(36)21-45-50(34)35-14-10-11-17-53-35/h7-9,12-13,19-21,27-29,35H,6,10-11,14-18,22-24H2,1-5H3/t28-,29-,35?,56?/m0/s1. The highest BCUT2D eigenvalue weighted by Gasteiger charge is 2.48. The number of ether oxygens (including phenoxy) is 3. The number of amides is 1. The van der Waals surface area contributed by atoms with Gasteiger partial charge in [0.05, 0.1) is 23.8 Å². The molecule has 0 N–H and O–H groups in total. The van der Waals surface area contributed by atoms with Crippen LogP contribution in [0.15, 0.2) is 53.8 Å². The van der Waals surface area contributed by atoms with Gasteiger partial charge in [-0.2, -0.15) is 15.1 Å². The minimum absolute atomic E-state index is 0.01000. The molecule has 0 spiro atoms. The Morgan fingerprint density at radius 3 is 2.52 bits per heavy atom. The van der Waals surface area contributed by atoms with Gasteiger partial charge in [0.25, 0.3) is 0 Å². The lowest BCUT2D eigenvalue weighted by atomic mass is 9.88. The second-order valence-electron chi connectivity index (χ2n) is 16.6. The fraction of sp³-hybridized carbons (Fsp3) is 0.488. The van der Waals surface area contributed by atoms with E-state index in [0.29, 0.717) is 53.6 Å². The van der Waals surface area contributed by atoms with Crippen molar-refractivity contribution in [1.82, 2.24) is 24.6 Å². The average molecular weight is 781 g/mol. The first-order valence-corrected chi connectivity index (χ1v) is 21.3. The van der Waals surface area contributed by atoms with E-state index >= 15 is 4.39 Å². The van der Waals surface area contributed by atoms with Crippen LogP contribution >= 0.6 is 0 Å². The number of rotatable bonds is 9. The van der Waals surface area contributed by atoms with Crippen LogP contribution in [0.2, 0.25) is 0 Å². The van der Waals surface area contributed by atoms with E-state index in [-0.39, 0.29) is 47.9 Å². The molecule has 4 fully saturated rings. The van der Waals surface area contributed by atoms with Gasteiger partial charge in [-0.15, -0.1) is 0 Å². The molecule has 3 aromatic carbocycles. The van der Waals surface area contributed by atoms with Crippen molar-refractivity contribution in [3.8, 4) is 16.9 Å². The molecule has 3 saturated heterocycles.